The predicted molar refractivity (Wildman–Crippen MR) is 138 cm³/mol. The maximum atomic E-state index is 6.07. The van der Waals surface area contributed by atoms with Gasteiger partial charge in [0.25, 0.3) is 0 Å². The maximum absolute atomic E-state index is 6.07. The van der Waals surface area contributed by atoms with Gasteiger partial charge in [0.2, 0.25) is 0 Å². The average molecular weight is 435 g/mol. The zero-order valence-corrected chi connectivity index (χ0v) is 22.3. The van der Waals surface area contributed by atoms with E-state index in [-0.39, 0.29) is 29.7 Å². The molecule has 0 amide bonds. The molecule has 0 N–H and O–H groups in total. The fraction of sp³-hybridized carbons (Fsp3) is 0.516. The third kappa shape index (κ3) is 4.00. The van der Waals surface area contributed by atoms with E-state index in [1.807, 2.05) is 7.11 Å². The second kappa shape index (κ2) is 8.29. The zero-order chi connectivity index (χ0) is 23.0. The van der Waals surface area contributed by atoms with E-state index in [0.29, 0.717) is 5.92 Å². The van der Waals surface area contributed by atoms with Crippen LogP contribution < -0.4 is 23.6 Å². The molecule has 6 rings (SSSR count). The first-order valence-corrected chi connectivity index (χ1v) is 12.5. The first-order valence-electron chi connectivity index (χ1n) is 12.5. The first-order chi connectivity index (χ1) is 15.0. The molecule has 0 aromatic heterocycles. The molecule has 3 aromatic rings. The summed E-state index contributed by atoms with van der Waals surface area (Å²) in [4.78, 5) is 0. The standard InChI is InChI=1S/C31H39O.Li/c1-18-13-21-15-24-19-9-11-20(12-10-19)27(24)28(23(21)14-18)22-16-25(30(2,3)4)29(32-8)26(17-22)31(5,6)7;/h13-17,19-20H,9-12H2,1-8H3;/q-1;+1. The van der Waals surface area contributed by atoms with Crippen LogP contribution in [0.5, 0.6) is 5.75 Å². The molecule has 1 nitrogen and oxygen atoms in total. The Morgan fingerprint density at radius 2 is 1.36 bits per heavy atom. The molecule has 0 radical (unpaired) electrons. The number of rotatable bonds is 2. The van der Waals surface area contributed by atoms with Crippen LogP contribution in [0, 0.1) is 6.92 Å². The third-order valence-corrected chi connectivity index (χ3v) is 8.00. The van der Waals surface area contributed by atoms with Crippen LogP contribution in [0.15, 0.2) is 30.3 Å². The van der Waals surface area contributed by atoms with E-state index in [0.717, 1.165) is 11.7 Å². The molecule has 0 heterocycles. The number of fused-ring (bicyclic) bond motifs is 3. The number of hydrogen-bond acceptors (Lipinski definition) is 1. The second-order valence-corrected chi connectivity index (χ2v) is 12.4. The van der Waals surface area contributed by atoms with Crippen molar-refractivity contribution >= 4 is 10.8 Å². The van der Waals surface area contributed by atoms with E-state index in [1.54, 1.807) is 11.1 Å². The summed E-state index contributed by atoms with van der Waals surface area (Å²) in [5, 5.41) is 2.87. The molecule has 170 valence electrons. The molecule has 2 heteroatoms. The number of benzene rings is 2. The Morgan fingerprint density at radius 1 is 0.818 bits per heavy atom. The molecule has 0 saturated heterocycles. The average Bonchev–Trinajstić information content (AvgIpc) is 3.10. The van der Waals surface area contributed by atoms with Gasteiger partial charge in [0.15, 0.2) is 0 Å². The number of aryl methyl sites for hydroxylation is 1. The summed E-state index contributed by atoms with van der Waals surface area (Å²) in [7, 11) is 1.83. The van der Waals surface area contributed by atoms with Gasteiger partial charge in [0.1, 0.15) is 5.75 Å². The Balaban J connectivity index is 0.00000259. The molecule has 3 aliphatic carbocycles. The Bertz CT molecular complexity index is 1160. The van der Waals surface area contributed by atoms with Crippen LogP contribution in [0.3, 0.4) is 0 Å². The summed E-state index contributed by atoms with van der Waals surface area (Å²) in [5.74, 6) is 2.52. The van der Waals surface area contributed by atoms with Crippen molar-refractivity contribution in [2.45, 2.75) is 96.8 Å². The Morgan fingerprint density at radius 3 is 1.88 bits per heavy atom. The molecule has 0 aliphatic heterocycles. The van der Waals surface area contributed by atoms with E-state index < -0.39 is 0 Å². The van der Waals surface area contributed by atoms with E-state index in [2.05, 4.69) is 78.8 Å². The summed E-state index contributed by atoms with van der Waals surface area (Å²) in [6, 6.07) is 12.3. The van der Waals surface area contributed by atoms with Crippen molar-refractivity contribution in [1.29, 1.82) is 0 Å². The summed E-state index contributed by atoms with van der Waals surface area (Å²) in [6.45, 7) is 16.1. The van der Waals surface area contributed by atoms with Gasteiger partial charge in [-0.3, -0.25) is 0 Å². The van der Waals surface area contributed by atoms with Crippen molar-refractivity contribution in [3.8, 4) is 16.9 Å². The van der Waals surface area contributed by atoms with Crippen molar-refractivity contribution < 1.29 is 23.6 Å². The smallest absolute Gasteiger partial charge is 0.496 e. The maximum Gasteiger partial charge on any atom is 1.00 e. The molecule has 33 heavy (non-hydrogen) atoms. The Hall–Kier alpha value is -1.55. The van der Waals surface area contributed by atoms with Crippen LogP contribution in [-0.2, 0) is 10.8 Å². The van der Waals surface area contributed by atoms with Gasteiger partial charge >= 0.3 is 18.9 Å². The van der Waals surface area contributed by atoms with Crippen LogP contribution in [0.1, 0.15) is 107 Å². The Kier molecular flexibility index (Phi) is 6.17. The monoisotopic (exact) mass is 434 g/mol. The predicted octanol–water partition coefficient (Wildman–Crippen LogP) is 5.90. The van der Waals surface area contributed by atoms with Crippen LogP contribution >= 0.6 is 0 Å². The molecule has 0 spiro atoms. The van der Waals surface area contributed by atoms with Crippen molar-refractivity contribution in [2.75, 3.05) is 7.11 Å². The van der Waals surface area contributed by atoms with Gasteiger partial charge < -0.3 is 4.74 Å². The normalized spacial score (nSPS) is 20.0. The molecule has 1 saturated carbocycles. The second-order valence-electron chi connectivity index (χ2n) is 12.4. The fourth-order valence-corrected chi connectivity index (χ4v) is 6.44. The first kappa shape index (κ1) is 24.6. The van der Waals surface area contributed by atoms with Crippen LogP contribution in [-0.4, -0.2) is 7.11 Å². The van der Waals surface area contributed by atoms with Crippen molar-refractivity contribution in [2.24, 2.45) is 0 Å². The number of methoxy groups -OCH3 is 1. The van der Waals surface area contributed by atoms with Gasteiger partial charge in [-0.25, -0.2) is 0 Å². The van der Waals surface area contributed by atoms with Crippen LogP contribution in [0.25, 0.3) is 21.9 Å². The summed E-state index contributed by atoms with van der Waals surface area (Å²) < 4.78 is 6.07. The molecular weight excluding hydrogens is 395 g/mol. The SMILES string of the molecule is COc1c(C(C)(C)C)cc(-c2c3c(cc4[cH-]c(C)cc24)C2CCC3CC2)cc1C(C)(C)C.[Li+]. The summed E-state index contributed by atoms with van der Waals surface area (Å²) in [5.41, 5.74) is 10.2. The van der Waals surface area contributed by atoms with Gasteiger partial charge in [0, 0.05) is 11.1 Å². The number of ether oxygens (including phenoxy) is 1. The summed E-state index contributed by atoms with van der Waals surface area (Å²) >= 11 is 0. The van der Waals surface area contributed by atoms with E-state index in [4.69, 9.17) is 4.74 Å². The quantitative estimate of drug-likeness (QED) is 0.361. The van der Waals surface area contributed by atoms with Crippen molar-refractivity contribution in [1.82, 2.24) is 0 Å². The minimum Gasteiger partial charge on any atom is -0.496 e. The molecule has 0 atom stereocenters. The molecule has 0 unspecified atom stereocenters. The fourth-order valence-electron chi connectivity index (χ4n) is 6.44. The Labute approximate surface area is 212 Å². The van der Waals surface area contributed by atoms with Gasteiger partial charge in [-0.15, -0.1) is 28.5 Å². The van der Waals surface area contributed by atoms with Gasteiger partial charge in [-0.1, -0.05) is 65.2 Å². The molecular formula is C31H39LiO. The number of hydrogen-bond donors (Lipinski definition) is 0. The molecule has 3 aliphatic rings. The molecule has 2 bridgehead atoms. The van der Waals surface area contributed by atoms with Crippen molar-refractivity contribution in [3.63, 3.8) is 0 Å². The van der Waals surface area contributed by atoms with Crippen LogP contribution in [0.4, 0.5) is 0 Å². The zero-order valence-electron chi connectivity index (χ0n) is 22.3. The van der Waals surface area contributed by atoms with Gasteiger partial charge in [-0.2, -0.15) is 6.07 Å². The molecule has 3 aromatic carbocycles. The third-order valence-electron chi connectivity index (χ3n) is 8.00. The van der Waals surface area contributed by atoms with Crippen LogP contribution in [0.2, 0.25) is 0 Å². The summed E-state index contributed by atoms with van der Waals surface area (Å²) in [6.07, 6.45) is 5.44. The topological polar surface area (TPSA) is 9.23 Å². The van der Waals surface area contributed by atoms with E-state index in [9.17, 15) is 0 Å². The van der Waals surface area contributed by atoms with E-state index in [1.165, 1.54) is 64.3 Å². The van der Waals surface area contributed by atoms with Crippen molar-refractivity contribution in [3.05, 3.63) is 58.1 Å². The minimum absolute atomic E-state index is 0. The minimum atomic E-state index is 0. The van der Waals surface area contributed by atoms with E-state index >= 15 is 0 Å². The van der Waals surface area contributed by atoms with Gasteiger partial charge in [-0.05, 0) is 66.0 Å². The van der Waals surface area contributed by atoms with Gasteiger partial charge in [0.05, 0.1) is 7.11 Å². The molecule has 1 fully saturated rings. The largest absolute Gasteiger partial charge is 1.00 e.